The Bertz CT molecular complexity index is 538. The van der Waals surface area contributed by atoms with E-state index in [-0.39, 0.29) is 24.4 Å². The lowest BCUT2D eigenvalue weighted by Crippen LogP contribution is -2.58. The molecule has 1 aromatic heterocycles. The van der Waals surface area contributed by atoms with Gasteiger partial charge in [-0.05, 0) is 0 Å². The third-order valence-electron chi connectivity index (χ3n) is 3.76. The summed E-state index contributed by atoms with van der Waals surface area (Å²) < 4.78 is 6.95. The van der Waals surface area contributed by atoms with Gasteiger partial charge in [-0.2, -0.15) is 5.10 Å². The molecule has 2 aliphatic rings. The van der Waals surface area contributed by atoms with Crippen molar-refractivity contribution in [1.29, 1.82) is 0 Å². The summed E-state index contributed by atoms with van der Waals surface area (Å²) in [6.07, 6.45) is 3.46. The first-order valence-electron chi connectivity index (χ1n) is 7.04. The molecule has 1 aromatic rings. The normalized spacial score (nSPS) is 23.5. The Morgan fingerprint density at radius 3 is 2.95 bits per heavy atom. The van der Waals surface area contributed by atoms with E-state index in [1.165, 1.54) is 0 Å². The third kappa shape index (κ3) is 2.91. The number of piperazine rings is 1. The van der Waals surface area contributed by atoms with Gasteiger partial charge in [0.2, 0.25) is 11.8 Å². The van der Waals surface area contributed by atoms with Crippen LogP contribution in [-0.4, -0.2) is 71.9 Å². The third-order valence-corrected chi connectivity index (χ3v) is 3.76. The second kappa shape index (κ2) is 5.82. The van der Waals surface area contributed by atoms with Gasteiger partial charge in [-0.1, -0.05) is 0 Å². The lowest BCUT2D eigenvalue weighted by atomic mass is 10.2. The second-order valence-corrected chi connectivity index (χ2v) is 5.26. The molecule has 0 spiro atoms. The van der Waals surface area contributed by atoms with Crippen molar-refractivity contribution in [2.45, 2.75) is 6.04 Å². The topological polar surface area (TPSA) is 79.7 Å². The molecule has 2 fully saturated rings. The maximum atomic E-state index is 12.3. The molecule has 3 heterocycles. The monoisotopic (exact) mass is 293 g/mol. The van der Waals surface area contributed by atoms with Crippen molar-refractivity contribution < 1.29 is 14.3 Å². The summed E-state index contributed by atoms with van der Waals surface area (Å²) in [5, 5.41) is 7.19. The van der Waals surface area contributed by atoms with Crippen LogP contribution in [0.15, 0.2) is 12.4 Å². The summed E-state index contributed by atoms with van der Waals surface area (Å²) in [6.45, 7) is 2.78. The number of ether oxygens (including phenoxy) is 1. The predicted molar refractivity (Wildman–Crippen MR) is 74.8 cm³/mol. The number of nitrogens with one attached hydrogen (secondary N) is 1. The number of anilines is 1. The van der Waals surface area contributed by atoms with E-state index in [0.717, 1.165) is 5.69 Å². The number of rotatable bonds is 2. The molecule has 0 saturated carbocycles. The van der Waals surface area contributed by atoms with Crippen LogP contribution in [0.25, 0.3) is 0 Å². The number of morpholine rings is 1. The molecule has 1 atom stereocenters. The van der Waals surface area contributed by atoms with Crippen LogP contribution < -0.4 is 10.2 Å². The number of carbonyl (C=O) groups excluding carboxylic acids is 2. The van der Waals surface area contributed by atoms with E-state index in [0.29, 0.717) is 32.8 Å². The fourth-order valence-corrected chi connectivity index (χ4v) is 2.63. The summed E-state index contributed by atoms with van der Waals surface area (Å²) in [7, 11) is 1.81. The van der Waals surface area contributed by atoms with Gasteiger partial charge in [0.15, 0.2) is 0 Å². The molecule has 0 radical (unpaired) electrons. The molecule has 0 aliphatic carbocycles. The Hall–Kier alpha value is -1.93. The van der Waals surface area contributed by atoms with E-state index >= 15 is 0 Å². The molecule has 1 unspecified atom stereocenters. The average molecular weight is 293 g/mol. The van der Waals surface area contributed by atoms with Crippen LogP contribution in [0.2, 0.25) is 0 Å². The zero-order valence-corrected chi connectivity index (χ0v) is 12.0. The Morgan fingerprint density at radius 2 is 2.33 bits per heavy atom. The maximum Gasteiger partial charge on any atom is 0.246 e. The maximum absolute atomic E-state index is 12.3. The predicted octanol–water partition coefficient (Wildman–Crippen LogP) is -1.42. The summed E-state index contributed by atoms with van der Waals surface area (Å²) >= 11 is 0. The van der Waals surface area contributed by atoms with Crippen LogP contribution in [0, 0.1) is 0 Å². The van der Waals surface area contributed by atoms with Gasteiger partial charge in [-0.3, -0.25) is 14.3 Å². The minimum Gasteiger partial charge on any atom is -0.378 e. The number of aromatic nitrogens is 2. The molecule has 114 valence electrons. The standard InChI is InChI=1S/C13H19N5O3/c1-16-7-10(6-15-16)18-4-3-17(8-12(18)19)13(20)11-9-21-5-2-14-11/h6-7,11,14H,2-5,8-9H2,1H3. The summed E-state index contributed by atoms with van der Waals surface area (Å²) in [4.78, 5) is 27.9. The number of hydrogen-bond donors (Lipinski definition) is 1. The van der Waals surface area contributed by atoms with E-state index in [2.05, 4.69) is 10.4 Å². The van der Waals surface area contributed by atoms with Crippen LogP contribution in [0.3, 0.4) is 0 Å². The fraction of sp³-hybridized carbons (Fsp3) is 0.615. The molecule has 1 N–H and O–H groups in total. The van der Waals surface area contributed by atoms with Gasteiger partial charge in [0.25, 0.3) is 0 Å². The van der Waals surface area contributed by atoms with Gasteiger partial charge in [0.05, 0.1) is 25.1 Å². The average Bonchev–Trinajstić information content (AvgIpc) is 2.93. The lowest BCUT2D eigenvalue weighted by Gasteiger charge is -2.36. The Labute approximate surface area is 122 Å². The van der Waals surface area contributed by atoms with Crippen LogP contribution >= 0.6 is 0 Å². The van der Waals surface area contributed by atoms with Crippen LogP contribution in [-0.2, 0) is 21.4 Å². The van der Waals surface area contributed by atoms with Gasteiger partial charge in [-0.25, -0.2) is 0 Å². The van der Waals surface area contributed by atoms with Gasteiger partial charge >= 0.3 is 0 Å². The van der Waals surface area contributed by atoms with Crippen molar-refractivity contribution in [1.82, 2.24) is 20.0 Å². The van der Waals surface area contributed by atoms with Crippen LogP contribution in [0.1, 0.15) is 0 Å². The smallest absolute Gasteiger partial charge is 0.246 e. The highest BCUT2D eigenvalue weighted by atomic mass is 16.5. The fourth-order valence-electron chi connectivity index (χ4n) is 2.63. The van der Waals surface area contributed by atoms with E-state index in [4.69, 9.17) is 4.74 Å². The Kier molecular flexibility index (Phi) is 3.89. The highest BCUT2D eigenvalue weighted by Crippen LogP contribution is 2.16. The van der Waals surface area contributed by atoms with Crippen molar-refractivity contribution in [3.63, 3.8) is 0 Å². The molecule has 8 nitrogen and oxygen atoms in total. The van der Waals surface area contributed by atoms with Crippen LogP contribution in [0.5, 0.6) is 0 Å². The highest BCUT2D eigenvalue weighted by Gasteiger charge is 2.32. The molecule has 3 rings (SSSR count). The summed E-state index contributed by atoms with van der Waals surface area (Å²) in [6, 6.07) is -0.337. The largest absolute Gasteiger partial charge is 0.378 e. The summed E-state index contributed by atoms with van der Waals surface area (Å²) in [5.41, 5.74) is 0.772. The quantitative estimate of drug-likeness (QED) is 0.724. The number of carbonyl (C=O) groups is 2. The van der Waals surface area contributed by atoms with E-state index in [9.17, 15) is 9.59 Å². The molecule has 21 heavy (non-hydrogen) atoms. The second-order valence-electron chi connectivity index (χ2n) is 5.26. The van der Waals surface area contributed by atoms with Crippen molar-refractivity contribution in [3.05, 3.63) is 12.4 Å². The van der Waals surface area contributed by atoms with Gasteiger partial charge in [0, 0.05) is 32.9 Å². The number of hydrogen-bond acceptors (Lipinski definition) is 5. The van der Waals surface area contributed by atoms with E-state index in [1.807, 2.05) is 7.05 Å². The zero-order chi connectivity index (χ0) is 14.8. The van der Waals surface area contributed by atoms with Gasteiger partial charge in [-0.15, -0.1) is 0 Å². The van der Waals surface area contributed by atoms with Crippen molar-refractivity contribution >= 4 is 17.5 Å². The SMILES string of the molecule is Cn1cc(N2CCN(C(=O)C3COCCN3)CC2=O)cn1. The highest BCUT2D eigenvalue weighted by molar-refractivity contribution is 5.98. The van der Waals surface area contributed by atoms with Gasteiger partial charge in [0.1, 0.15) is 12.6 Å². The number of nitrogens with zero attached hydrogens (tertiary/aromatic N) is 4. The first kappa shape index (κ1) is 14.0. The summed E-state index contributed by atoms with van der Waals surface area (Å²) in [5.74, 6) is -0.145. The molecule has 2 amide bonds. The van der Waals surface area contributed by atoms with E-state index in [1.54, 1.807) is 26.9 Å². The van der Waals surface area contributed by atoms with E-state index < -0.39 is 0 Å². The number of amides is 2. The van der Waals surface area contributed by atoms with Crippen molar-refractivity contribution in [2.75, 3.05) is 44.3 Å². The molecule has 2 saturated heterocycles. The minimum absolute atomic E-state index is 0.0612. The molecule has 2 aliphatic heterocycles. The minimum atomic E-state index is -0.337. The number of aryl methyl sites for hydroxylation is 1. The first-order valence-corrected chi connectivity index (χ1v) is 7.04. The molecule has 8 heteroatoms. The Morgan fingerprint density at radius 1 is 1.48 bits per heavy atom. The molecular weight excluding hydrogens is 274 g/mol. The Balaban J connectivity index is 1.62. The zero-order valence-electron chi connectivity index (χ0n) is 12.0. The molecule has 0 bridgehead atoms. The van der Waals surface area contributed by atoms with Crippen LogP contribution in [0.4, 0.5) is 5.69 Å². The van der Waals surface area contributed by atoms with Crippen molar-refractivity contribution in [3.8, 4) is 0 Å². The molecule has 0 aromatic carbocycles. The molecular formula is C13H19N5O3. The lowest BCUT2D eigenvalue weighted by molar-refractivity contribution is -0.140. The first-order chi connectivity index (χ1) is 10.1. The van der Waals surface area contributed by atoms with Gasteiger partial charge < -0.3 is 19.9 Å². The van der Waals surface area contributed by atoms with Crippen molar-refractivity contribution in [2.24, 2.45) is 7.05 Å².